The summed E-state index contributed by atoms with van der Waals surface area (Å²) >= 11 is 0. The number of nitrogens with one attached hydrogen (secondary N) is 1. The van der Waals surface area contributed by atoms with Gasteiger partial charge in [0.05, 0.1) is 13.7 Å². The third-order valence-corrected chi connectivity index (χ3v) is 2.85. The molecule has 1 amide bonds. The van der Waals surface area contributed by atoms with Gasteiger partial charge in [-0.2, -0.15) is 0 Å². The van der Waals surface area contributed by atoms with E-state index in [0.717, 1.165) is 29.9 Å². The number of hydrogen-bond acceptors (Lipinski definition) is 4. The molecular formula is C17H27NO4. The Morgan fingerprint density at radius 2 is 2.00 bits per heavy atom. The average molecular weight is 309 g/mol. The predicted octanol–water partition coefficient (Wildman–Crippen LogP) is 3.90. The molecule has 0 spiro atoms. The van der Waals surface area contributed by atoms with Crippen molar-refractivity contribution in [3.05, 3.63) is 23.8 Å². The maximum absolute atomic E-state index is 11.7. The van der Waals surface area contributed by atoms with Crippen LogP contribution in [0, 0.1) is 0 Å². The first kappa shape index (κ1) is 18.1. The van der Waals surface area contributed by atoms with Crippen LogP contribution < -0.4 is 14.8 Å². The van der Waals surface area contributed by atoms with Crippen molar-refractivity contribution in [2.45, 2.75) is 52.7 Å². The molecule has 0 unspecified atom stereocenters. The number of ether oxygens (including phenoxy) is 3. The molecule has 0 heterocycles. The zero-order chi connectivity index (χ0) is 16.6. The Bertz CT molecular complexity index is 480. The van der Waals surface area contributed by atoms with Crippen molar-refractivity contribution in [2.75, 3.05) is 13.7 Å². The molecule has 0 aliphatic rings. The summed E-state index contributed by atoms with van der Waals surface area (Å²) in [5.41, 5.74) is 0.382. The summed E-state index contributed by atoms with van der Waals surface area (Å²) in [5.74, 6) is 1.45. The number of methoxy groups -OCH3 is 1. The van der Waals surface area contributed by atoms with E-state index in [1.54, 1.807) is 7.11 Å². The second-order valence-corrected chi connectivity index (χ2v) is 6.03. The molecule has 1 aromatic rings. The van der Waals surface area contributed by atoms with E-state index in [1.165, 1.54) is 0 Å². The first-order valence-corrected chi connectivity index (χ1v) is 7.62. The smallest absolute Gasteiger partial charge is 0.407 e. The predicted molar refractivity (Wildman–Crippen MR) is 86.5 cm³/mol. The van der Waals surface area contributed by atoms with Crippen LogP contribution in [0.2, 0.25) is 0 Å². The highest BCUT2D eigenvalue weighted by Crippen LogP contribution is 2.25. The maximum atomic E-state index is 11.7. The highest BCUT2D eigenvalue weighted by Gasteiger charge is 2.16. The molecule has 0 fully saturated rings. The molecule has 0 aromatic heterocycles. The molecule has 0 saturated heterocycles. The summed E-state index contributed by atoms with van der Waals surface area (Å²) in [5, 5.41) is 2.74. The number of hydrogen-bond donors (Lipinski definition) is 1. The summed E-state index contributed by atoms with van der Waals surface area (Å²) in [6.45, 7) is 8.60. The largest absolute Gasteiger partial charge is 0.497 e. The molecule has 1 N–H and O–H groups in total. The van der Waals surface area contributed by atoms with Crippen LogP contribution in [0.1, 0.15) is 46.1 Å². The minimum absolute atomic E-state index is 0.348. The lowest BCUT2D eigenvalue weighted by Crippen LogP contribution is -2.32. The van der Waals surface area contributed by atoms with E-state index in [4.69, 9.17) is 14.2 Å². The summed E-state index contributed by atoms with van der Waals surface area (Å²) < 4.78 is 16.2. The molecule has 1 aromatic carbocycles. The first-order valence-electron chi connectivity index (χ1n) is 7.62. The third kappa shape index (κ3) is 6.70. The molecule has 0 radical (unpaired) electrons. The van der Waals surface area contributed by atoms with Crippen LogP contribution in [-0.2, 0) is 11.3 Å². The van der Waals surface area contributed by atoms with E-state index >= 15 is 0 Å². The van der Waals surface area contributed by atoms with Crippen molar-refractivity contribution in [3.8, 4) is 11.5 Å². The lowest BCUT2D eigenvalue weighted by molar-refractivity contribution is 0.0523. The number of carbonyl (C=O) groups is 1. The van der Waals surface area contributed by atoms with Crippen LogP contribution in [0.3, 0.4) is 0 Å². The van der Waals surface area contributed by atoms with Gasteiger partial charge in [0.15, 0.2) is 0 Å². The van der Waals surface area contributed by atoms with E-state index in [0.29, 0.717) is 13.2 Å². The van der Waals surface area contributed by atoms with Crippen molar-refractivity contribution >= 4 is 6.09 Å². The highest BCUT2D eigenvalue weighted by molar-refractivity contribution is 5.67. The van der Waals surface area contributed by atoms with Crippen molar-refractivity contribution in [1.82, 2.24) is 5.32 Å². The fraction of sp³-hybridized carbons (Fsp3) is 0.588. The zero-order valence-electron chi connectivity index (χ0n) is 14.2. The zero-order valence-corrected chi connectivity index (χ0v) is 14.2. The minimum Gasteiger partial charge on any atom is -0.497 e. The molecule has 0 bridgehead atoms. The monoisotopic (exact) mass is 309 g/mol. The average Bonchev–Trinajstić information content (AvgIpc) is 2.44. The number of unbranched alkanes of at least 4 members (excludes halogenated alkanes) is 1. The fourth-order valence-corrected chi connectivity index (χ4v) is 1.75. The summed E-state index contributed by atoms with van der Waals surface area (Å²) in [6.07, 6.45) is 1.61. The van der Waals surface area contributed by atoms with E-state index in [2.05, 4.69) is 12.2 Å². The van der Waals surface area contributed by atoms with Gasteiger partial charge >= 0.3 is 6.09 Å². The lowest BCUT2D eigenvalue weighted by atomic mass is 10.2. The molecule has 124 valence electrons. The van der Waals surface area contributed by atoms with E-state index in [1.807, 2.05) is 39.0 Å². The molecule has 0 aliphatic carbocycles. The van der Waals surface area contributed by atoms with Crippen LogP contribution in [0.5, 0.6) is 11.5 Å². The second-order valence-electron chi connectivity index (χ2n) is 6.03. The van der Waals surface area contributed by atoms with Crippen LogP contribution >= 0.6 is 0 Å². The van der Waals surface area contributed by atoms with Crippen LogP contribution in [-0.4, -0.2) is 25.4 Å². The van der Waals surface area contributed by atoms with Gasteiger partial charge in [-0.25, -0.2) is 4.79 Å². The Hall–Kier alpha value is -1.91. The van der Waals surface area contributed by atoms with Crippen LogP contribution in [0.25, 0.3) is 0 Å². The van der Waals surface area contributed by atoms with Gasteiger partial charge in [-0.1, -0.05) is 13.3 Å². The molecule has 1 rings (SSSR count). The van der Waals surface area contributed by atoms with E-state index < -0.39 is 11.7 Å². The van der Waals surface area contributed by atoms with Gasteiger partial charge in [-0.3, -0.25) is 0 Å². The van der Waals surface area contributed by atoms with Gasteiger partial charge < -0.3 is 19.5 Å². The van der Waals surface area contributed by atoms with Gasteiger partial charge in [-0.15, -0.1) is 0 Å². The molecular weight excluding hydrogens is 282 g/mol. The van der Waals surface area contributed by atoms with Crippen molar-refractivity contribution in [2.24, 2.45) is 0 Å². The Morgan fingerprint density at radius 3 is 2.59 bits per heavy atom. The number of benzene rings is 1. The van der Waals surface area contributed by atoms with Gasteiger partial charge in [0.1, 0.15) is 17.1 Å². The fourth-order valence-electron chi connectivity index (χ4n) is 1.75. The molecule has 0 aliphatic heterocycles. The quantitative estimate of drug-likeness (QED) is 0.776. The Balaban J connectivity index is 2.69. The molecule has 0 atom stereocenters. The molecule has 22 heavy (non-hydrogen) atoms. The Morgan fingerprint density at radius 1 is 1.27 bits per heavy atom. The van der Waals surface area contributed by atoms with Crippen molar-refractivity contribution in [1.29, 1.82) is 0 Å². The molecule has 5 heteroatoms. The van der Waals surface area contributed by atoms with Gasteiger partial charge in [-0.05, 0) is 39.3 Å². The first-order chi connectivity index (χ1) is 10.4. The Labute approximate surface area is 132 Å². The van der Waals surface area contributed by atoms with Crippen LogP contribution in [0.15, 0.2) is 18.2 Å². The lowest BCUT2D eigenvalue weighted by Gasteiger charge is -2.20. The van der Waals surface area contributed by atoms with Gasteiger partial charge in [0.2, 0.25) is 0 Å². The molecule has 5 nitrogen and oxygen atoms in total. The normalized spacial score (nSPS) is 11.0. The Kier molecular flexibility index (Phi) is 7.02. The van der Waals surface area contributed by atoms with E-state index in [-0.39, 0.29) is 0 Å². The standard InChI is InChI=1S/C17H27NO4/c1-6-7-10-21-15-11-14(20-5)9-8-13(15)12-18-16(19)22-17(2,3)4/h8-9,11H,6-7,10,12H2,1-5H3,(H,18,19). The number of amides is 1. The van der Waals surface area contributed by atoms with Gasteiger partial charge in [0.25, 0.3) is 0 Å². The number of alkyl carbamates (subject to hydrolysis) is 1. The third-order valence-electron chi connectivity index (χ3n) is 2.85. The summed E-state index contributed by atoms with van der Waals surface area (Å²) in [7, 11) is 1.61. The molecule has 0 saturated carbocycles. The van der Waals surface area contributed by atoms with Crippen LogP contribution in [0.4, 0.5) is 4.79 Å². The highest BCUT2D eigenvalue weighted by atomic mass is 16.6. The summed E-state index contributed by atoms with van der Waals surface area (Å²) in [6, 6.07) is 5.57. The van der Waals surface area contributed by atoms with E-state index in [9.17, 15) is 4.79 Å². The second kappa shape index (κ2) is 8.51. The SMILES string of the molecule is CCCCOc1cc(OC)ccc1CNC(=O)OC(C)(C)C. The van der Waals surface area contributed by atoms with Gasteiger partial charge in [0, 0.05) is 18.2 Å². The topological polar surface area (TPSA) is 56.8 Å². The number of rotatable bonds is 7. The van der Waals surface area contributed by atoms with Crippen molar-refractivity contribution in [3.63, 3.8) is 0 Å². The maximum Gasteiger partial charge on any atom is 0.407 e. The minimum atomic E-state index is -0.509. The summed E-state index contributed by atoms with van der Waals surface area (Å²) in [4.78, 5) is 11.7. The van der Waals surface area contributed by atoms with Crippen molar-refractivity contribution < 1.29 is 19.0 Å². The number of carbonyl (C=O) groups excluding carboxylic acids is 1.